The minimum atomic E-state index is -0.938. The number of rotatable bonds is 7. The number of hydrogen-bond acceptors (Lipinski definition) is 3. The van der Waals surface area contributed by atoms with Gasteiger partial charge in [-0.1, -0.05) is 25.6 Å². The molecule has 1 aliphatic carbocycles. The topological polar surface area (TPSA) is 56.7 Å². The molecule has 5 nitrogen and oxygen atoms in total. The van der Waals surface area contributed by atoms with Gasteiger partial charge in [0.25, 0.3) is 0 Å². The second-order valence-corrected chi connectivity index (χ2v) is 8.03. The van der Waals surface area contributed by atoms with Crippen LogP contribution < -0.4 is 14.8 Å². The average molecular weight is 460 g/mol. The summed E-state index contributed by atoms with van der Waals surface area (Å²) in [5.74, 6) is -0.189. The Hall–Kier alpha value is -3.60. The van der Waals surface area contributed by atoms with Crippen molar-refractivity contribution < 1.29 is 14.3 Å². The lowest BCUT2D eigenvalue weighted by Crippen LogP contribution is -2.29. The van der Waals surface area contributed by atoms with E-state index in [0.29, 0.717) is 5.56 Å². The second kappa shape index (κ2) is 10.6. The molecule has 4 rings (SSSR count). The van der Waals surface area contributed by atoms with Gasteiger partial charge in [-0.05, 0) is 57.5 Å². The summed E-state index contributed by atoms with van der Waals surface area (Å²) in [7, 11) is 0. The Kier molecular flexibility index (Phi) is 7.77. The quantitative estimate of drug-likeness (QED) is 0.264. The van der Waals surface area contributed by atoms with Gasteiger partial charge in [0.1, 0.15) is 24.4 Å². The molecule has 0 saturated heterocycles. The molecule has 0 atom stereocenters. The monoisotopic (exact) mass is 459 g/mol. The third kappa shape index (κ3) is 4.43. The van der Waals surface area contributed by atoms with Crippen molar-refractivity contribution in [1.29, 1.82) is 0 Å². The summed E-state index contributed by atoms with van der Waals surface area (Å²) in [4.78, 5) is 14.3. The lowest BCUT2D eigenvalue weighted by molar-refractivity contribution is 0.0697. The SMILES string of the molecule is C.CCN(CC)c1ccc2c(-c3ccccc3C(=O)O)c3ccc(=[N+](CC)CC)cc-3oc2c1. The molecule has 0 amide bonds. The van der Waals surface area contributed by atoms with Crippen molar-refractivity contribution in [3.05, 3.63) is 71.6 Å². The number of hydrogen-bond donors (Lipinski definition) is 1. The van der Waals surface area contributed by atoms with Crippen molar-refractivity contribution in [2.24, 2.45) is 0 Å². The molecule has 1 heterocycles. The van der Waals surface area contributed by atoms with Gasteiger partial charge in [-0.3, -0.25) is 0 Å². The molecule has 1 aliphatic heterocycles. The number of carbonyl (C=O) groups is 1. The van der Waals surface area contributed by atoms with E-state index in [1.165, 1.54) is 0 Å². The van der Waals surface area contributed by atoms with Crippen LogP contribution in [0.3, 0.4) is 0 Å². The van der Waals surface area contributed by atoms with Crippen molar-refractivity contribution in [3.63, 3.8) is 0 Å². The maximum absolute atomic E-state index is 12.1. The molecule has 0 spiro atoms. The van der Waals surface area contributed by atoms with Crippen LogP contribution in [0.25, 0.3) is 33.4 Å². The van der Waals surface area contributed by atoms with Gasteiger partial charge in [-0.15, -0.1) is 0 Å². The van der Waals surface area contributed by atoms with Crippen LogP contribution in [0.1, 0.15) is 45.5 Å². The summed E-state index contributed by atoms with van der Waals surface area (Å²) < 4.78 is 8.74. The highest BCUT2D eigenvalue weighted by Crippen LogP contribution is 2.42. The van der Waals surface area contributed by atoms with Crippen LogP contribution in [-0.2, 0) is 0 Å². The standard InChI is InChI=1S/C28H30N2O3.CH4/c1-5-29(6-2)19-13-15-23-25(17-19)33-26-18-20(30(7-3)8-4)14-16-24(26)27(23)21-11-9-10-12-22(21)28(31)32;/h9-18H,5-8H2,1-4H3;1H4/p+1. The number of carboxylic acid groups (broad SMARTS) is 1. The van der Waals surface area contributed by atoms with Crippen LogP contribution in [-0.4, -0.2) is 37.3 Å². The lowest BCUT2D eigenvalue weighted by Gasteiger charge is -2.22. The first-order valence-electron chi connectivity index (χ1n) is 11.7. The van der Waals surface area contributed by atoms with E-state index < -0.39 is 5.97 Å². The minimum Gasteiger partial charge on any atom is -0.478 e. The summed E-state index contributed by atoms with van der Waals surface area (Å²) in [6, 6.07) is 19.6. The van der Waals surface area contributed by atoms with Gasteiger partial charge in [0.15, 0.2) is 0 Å². The van der Waals surface area contributed by atoms with E-state index in [1.807, 2.05) is 12.1 Å². The van der Waals surface area contributed by atoms with E-state index in [0.717, 1.165) is 65.1 Å². The molecule has 0 fully saturated rings. The van der Waals surface area contributed by atoms with E-state index in [1.54, 1.807) is 12.1 Å². The summed E-state index contributed by atoms with van der Waals surface area (Å²) in [6.45, 7) is 12.1. The molecule has 0 saturated carbocycles. The summed E-state index contributed by atoms with van der Waals surface area (Å²) in [6.07, 6.45) is 0. The molecule has 2 aromatic rings. The maximum atomic E-state index is 12.1. The van der Waals surface area contributed by atoms with Crippen molar-refractivity contribution in [2.45, 2.75) is 35.1 Å². The van der Waals surface area contributed by atoms with Crippen molar-refractivity contribution in [1.82, 2.24) is 4.58 Å². The number of benzene rings is 3. The smallest absolute Gasteiger partial charge is 0.336 e. The average Bonchev–Trinajstić information content (AvgIpc) is 2.84. The fraction of sp³-hybridized carbons (Fsp3) is 0.310. The van der Waals surface area contributed by atoms with Crippen LogP contribution in [0.15, 0.2) is 65.1 Å². The van der Waals surface area contributed by atoms with Gasteiger partial charge in [-0.2, -0.15) is 0 Å². The van der Waals surface area contributed by atoms with Crippen LogP contribution in [0, 0.1) is 0 Å². The van der Waals surface area contributed by atoms with E-state index in [2.05, 4.69) is 73.6 Å². The van der Waals surface area contributed by atoms with E-state index in [9.17, 15) is 9.90 Å². The third-order valence-electron chi connectivity index (χ3n) is 6.37. The zero-order chi connectivity index (χ0) is 23.5. The number of carboxylic acids is 1. The largest absolute Gasteiger partial charge is 0.478 e. The Balaban J connectivity index is 0.00000324. The predicted octanol–water partition coefficient (Wildman–Crippen LogP) is 6.20. The number of aromatic carboxylic acids is 1. The van der Waals surface area contributed by atoms with Crippen LogP contribution >= 0.6 is 0 Å². The van der Waals surface area contributed by atoms with Gasteiger partial charge < -0.3 is 14.4 Å². The van der Waals surface area contributed by atoms with Gasteiger partial charge in [0.2, 0.25) is 5.36 Å². The Labute approximate surface area is 201 Å². The first kappa shape index (κ1) is 25.0. The molecule has 1 N–H and O–H groups in total. The minimum absolute atomic E-state index is 0. The van der Waals surface area contributed by atoms with Crippen molar-refractivity contribution in [3.8, 4) is 22.5 Å². The number of anilines is 1. The number of nitrogens with zero attached hydrogens (tertiary/aromatic N) is 2. The van der Waals surface area contributed by atoms with E-state index in [4.69, 9.17) is 4.42 Å². The second-order valence-electron chi connectivity index (χ2n) is 8.03. The maximum Gasteiger partial charge on any atom is 0.336 e. The molecule has 0 unspecified atom stereocenters. The predicted molar refractivity (Wildman–Crippen MR) is 142 cm³/mol. The molecule has 2 aromatic carbocycles. The van der Waals surface area contributed by atoms with Gasteiger partial charge in [0, 0.05) is 47.4 Å². The zero-order valence-corrected chi connectivity index (χ0v) is 19.8. The Morgan fingerprint density at radius 1 is 0.912 bits per heavy atom. The molecule has 34 heavy (non-hydrogen) atoms. The summed E-state index contributed by atoms with van der Waals surface area (Å²) in [5, 5.41) is 11.9. The van der Waals surface area contributed by atoms with Crippen molar-refractivity contribution >= 4 is 22.6 Å². The highest BCUT2D eigenvalue weighted by Gasteiger charge is 2.22. The van der Waals surface area contributed by atoms with Crippen LogP contribution in [0.2, 0.25) is 0 Å². The first-order chi connectivity index (χ1) is 16.0. The van der Waals surface area contributed by atoms with E-state index in [-0.39, 0.29) is 13.0 Å². The van der Waals surface area contributed by atoms with Gasteiger partial charge in [0.05, 0.1) is 11.6 Å². The molecular weight excluding hydrogens is 424 g/mol. The zero-order valence-electron chi connectivity index (χ0n) is 19.8. The highest BCUT2D eigenvalue weighted by molar-refractivity contribution is 6.07. The lowest BCUT2D eigenvalue weighted by atomic mass is 9.90. The Morgan fingerprint density at radius 3 is 2.26 bits per heavy atom. The molecular formula is C29H35N2O3+. The Bertz CT molecular complexity index is 1340. The Morgan fingerprint density at radius 2 is 1.62 bits per heavy atom. The van der Waals surface area contributed by atoms with Crippen LogP contribution in [0.4, 0.5) is 5.69 Å². The number of fused-ring (bicyclic) bond motifs is 2. The molecule has 2 aliphatic rings. The fourth-order valence-corrected chi connectivity index (χ4v) is 4.62. The molecule has 0 radical (unpaired) electrons. The van der Waals surface area contributed by atoms with Crippen LogP contribution in [0.5, 0.6) is 0 Å². The highest BCUT2D eigenvalue weighted by atomic mass is 16.4. The first-order valence-corrected chi connectivity index (χ1v) is 11.7. The van der Waals surface area contributed by atoms with Gasteiger partial charge >= 0.3 is 5.97 Å². The summed E-state index contributed by atoms with van der Waals surface area (Å²) >= 11 is 0. The summed E-state index contributed by atoms with van der Waals surface area (Å²) in [5.41, 5.74) is 4.62. The third-order valence-corrected chi connectivity index (χ3v) is 6.37. The molecule has 5 heteroatoms. The fourth-order valence-electron chi connectivity index (χ4n) is 4.62. The molecule has 0 aromatic heterocycles. The van der Waals surface area contributed by atoms with E-state index >= 15 is 0 Å². The van der Waals surface area contributed by atoms with Crippen molar-refractivity contribution in [2.75, 3.05) is 31.1 Å². The molecule has 0 bridgehead atoms. The molecule has 178 valence electrons. The van der Waals surface area contributed by atoms with Gasteiger partial charge in [-0.25, -0.2) is 9.37 Å². The normalized spacial score (nSPS) is 10.8.